The highest BCUT2D eigenvalue weighted by molar-refractivity contribution is 7.99. The van der Waals surface area contributed by atoms with Crippen molar-refractivity contribution >= 4 is 28.7 Å². The Morgan fingerprint density at radius 1 is 1.35 bits per heavy atom. The number of imidazole rings is 1. The van der Waals surface area contributed by atoms with E-state index < -0.39 is 0 Å². The van der Waals surface area contributed by atoms with Crippen molar-refractivity contribution in [2.24, 2.45) is 0 Å². The molecule has 3 aromatic rings. The molecule has 26 heavy (non-hydrogen) atoms. The van der Waals surface area contributed by atoms with Gasteiger partial charge >= 0.3 is 0 Å². The normalized spacial score (nSPS) is 16.0. The van der Waals surface area contributed by atoms with Crippen molar-refractivity contribution in [2.45, 2.75) is 38.0 Å². The second-order valence-electron chi connectivity index (χ2n) is 6.43. The van der Waals surface area contributed by atoms with Gasteiger partial charge in [-0.1, -0.05) is 23.9 Å². The summed E-state index contributed by atoms with van der Waals surface area (Å²) in [7, 11) is 0. The third-order valence-corrected chi connectivity index (χ3v) is 5.73. The summed E-state index contributed by atoms with van der Waals surface area (Å²) in [6.45, 7) is 3.95. The number of aromatic amines is 1. The van der Waals surface area contributed by atoms with Gasteiger partial charge in [0.1, 0.15) is 5.82 Å². The zero-order chi connectivity index (χ0) is 18.3. The molecule has 7 nitrogen and oxygen atoms in total. The van der Waals surface area contributed by atoms with Gasteiger partial charge in [0.15, 0.2) is 5.16 Å². The van der Waals surface area contributed by atoms with Crippen LogP contribution in [0.1, 0.15) is 29.5 Å². The smallest absolute Gasteiger partial charge is 0.257 e. The van der Waals surface area contributed by atoms with E-state index in [9.17, 15) is 9.59 Å². The number of nitrogens with zero attached hydrogens (tertiary/aromatic N) is 3. The molecule has 0 radical (unpaired) electrons. The number of para-hydroxylation sites is 2. The quantitative estimate of drug-likeness (QED) is 0.687. The summed E-state index contributed by atoms with van der Waals surface area (Å²) in [5, 5.41) is 3.59. The number of aryl methyl sites for hydroxylation is 1. The topological polar surface area (TPSA) is 92.7 Å². The van der Waals surface area contributed by atoms with Crippen LogP contribution in [0.3, 0.4) is 0 Å². The highest BCUT2D eigenvalue weighted by Gasteiger charge is 2.28. The fourth-order valence-corrected chi connectivity index (χ4v) is 4.26. The standard InChI is InChI=1S/C18H19N5O2S/c1-10-11(2)20-18-23(17(10)25)12(9-26-18)7-16(24)19-8-15-21-13-5-3-4-6-14(13)22-15/h3-6,12H,7-9H2,1-2H3,(H,19,24)(H,21,22). The van der Waals surface area contributed by atoms with Gasteiger partial charge in [-0.15, -0.1) is 0 Å². The summed E-state index contributed by atoms with van der Waals surface area (Å²) in [6, 6.07) is 7.58. The van der Waals surface area contributed by atoms with Crippen LogP contribution in [0.5, 0.6) is 0 Å². The molecule has 1 aromatic carbocycles. The Hall–Kier alpha value is -2.61. The molecule has 1 amide bonds. The molecule has 3 heterocycles. The van der Waals surface area contributed by atoms with Gasteiger partial charge in [-0.2, -0.15) is 0 Å². The summed E-state index contributed by atoms with van der Waals surface area (Å²) in [5.74, 6) is 1.29. The Labute approximate surface area is 154 Å². The van der Waals surface area contributed by atoms with Crippen LogP contribution in [0.2, 0.25) is 0 Å². The van der Waals surface area contributed by atoms with Gasteiger partial charge < -0.3 is 10.3 Å². The molecule has 1 unspecified atom stereocenters. The number of hydrogen-bond donors (Lipinski definition) is 2. The van der Waals surface area contributed by atoms with E-state index in [4.69, 9.17) is 0 Å². The molecule has 2 aromatic heterocycles. The molecule has 0 saturated heterocycles. The van der Waals surface area contributed by atoms with Gasteiger partial charge in [-0.25, -0.2) is 9.97 Å². The zero-order valence-electron chi connectivity index (χ0n) is 14.6. The lowest BCUT2D eigenvalue weighted by Crippen LogP contribution is -2.32. The average molecular weight is 369 g/mol. The van der Waals surface area contributed by atoms with E-state index >= 15 is 0 Å². The predicted octanol–water partition coefficient (Wildman–Crippen LogP) is 2.09. The Kier molecular flexibility index (Phi) is 4.28. The molecule has 0 aliphatic carbocycles. The summed E-state index contributed by atoms with van der Waals surface area (Å²) in [5.41, 5.74) is 3.17. The largest absolute Gasteiger partial charge is 0.349 e. The number of nitrogens with one attached hydrogen (secondary N) is 2. The van der Waals surface area contributed by atoms with Crippen molar-refractivity contribution in [3.8, 4) is 0 Å². The second-order valence-corrected chi connectivity index (χ2v) is 7.41. The molecule has 134 valence electrons. The van der Waals surface area contributed by atoms with E-state index in [1.54, 1.807) is 11.5 Å². The molecular formula is C18H19N5O2S. The molecule has 8 heteroatoms. The number of fused-ring (bicyclic) bond motifs is 2. The molecular weight excluding hydrogens is 350 g/mol. The highest BCUT2D eigenvalue weighted by Crippen LogP contribution is 2.32. The van der Waals surface area contributed by atoms with E-state index in [-0.39, 0.29) is 23.9 Å². The highest BCUT2D eigenvalue weighted by atomic mass is 32.2. The Bertz CT molecular complexity index is 1020. The molecule has 4 rings (SSSR count). The lowest BCUT2D eigenvalue weighted by atomic mass is 10.2. The second kappa shape index (κ2) is 6.60. The van der Waals surface area contributed by atoms with Gasteiger partial charge in [0, 0.05) is 23.4 Å². The van der Waals surface area contributed by atoms with Gasteiger partial charge in [0.2, 0.25) is 5.91 Å². The summed E-state index contributed by atoms with van der Waals surface area (Å²) < 4.78 is 1.66. The van der Waals surface area contributed by atoms with E-state index in [1.807, 2.05) is 31.2 Å². The minimum Gasteiger partial charge on any atom is -0.349 e. The third kappa shape index (κ3) is 3.01. The number of benzene rings is 1. The van der Waals surface area contributed by atoms with E-state index in [0.717, 1.165) is 16.7 Å². The fraction of sp³-hybridized carbons (Fsp3) is 0.333. The van der Waals surface area contributed by atoms with Crippen LogP contribution >= 0.6 is 11.8 Å². The fourth-order valence-electron chi connectivity index (χ4n) is 3.08. The van der Waals surface area contributed by atoms with Crippen molar-refractivity contribution in [2.75, 3.05) is 5.75 Å². The number of carbonyl (C=O) groups excluding carboxylic acids is 1. The average Bonchev–Trinajstić information content (AvgIpc) is 3.21. The number of rotatable bonds is 4. The van der Waals surface area contributed by atoms with Crippen molar-refractivity contribution in [1.29, 1.82) is 0 Å². The maximum Gasteiger partial charge on any atom is 0.257 e. The molecule has 0 spiro atoms. The number of hydrogen-bond acceptors (Lipinski definition) is 5. The zero-order valence-corrected chi connectivity index (χ0v) is 15.4. The minimum absolute atomic E-state index is 0.0485. The first-order valence-electron chi connectivity index (χ1n) is 8.46. The Balaban J connectivity index is 1.44. The van der Waals surface area contributed by atoms with Crippen LogP contribution in [0.25, 0.3) is 11.0 Å². The maximum atomic E-state index is 12.5. The SMILES string of the molecule is Cc1nc2n(c(=O)c1C)C(CC(=O)NCc1nc3ccccc3[nH]1)CS2. The van der Waals surface area contributed by atoms with Gasteiger partial charge in [0.25, 0.3) is 5.56 Å². The predicted molar refractivity (Wildman–Crippen MR) is 100 cm³/mol. The van der Waals surface area contributed by atoms with Gasteiger partial charge in [0.05, 0.1) is 23.6 Å². The van der Waals surface area contributed by atoms with Crippen LogP contribution in [0, 0.1) is 13.8 Å². The molecule has 2 N–H and O–H groups in total. The van der Waals surface area contributed by atoms with Crippen LogP contribution < -0.4 is 10.9 Å². The molecule has 0 fully saturated rings. The lowest BCUT2D eigenvalue weighted by Gasteiger charge is -2.14. The third-order valence-electron chi connectivity index (χ3n) is 4.63. The lowest BCUT2D eigenvalue weighted by molar-refractivity contribution is -0.121. The molecule has 1 atom stereocenters. The molecule has 1 aliphatic heterocycles. The Morgan fingerprint density at radius 3 is 2.96 bits per heavy atom. The van der Waals surface area contributed by atoms with E-state index in [2.05, 4.69) is 20.3 Å². The summed E-state index contributed by atoms with van der Waals surface area (Å²) in [4.78, 5) is 37.0. The number of carbonyl (C=O) groups is 1. The van der Waals surface area contributed by atoms with Crippen molar-refractivity contribution in [3.05, 3.63) is 51.7 Å². The van der Waals surface area contributed by atoms with Crippen molar-refractivity contribution in [1.82, 2.24) is 24.8 Å². The van der Waals surface area contributed by atoms with Crippen LogP contribution in [-0.4, -0.2) is 31.2 Å². The van der Waals surface area contributed by atoms with Crippen LogP contribution in [0.4, 0.5) is 0 Å². The first kappa shape index (κ1) is 16.8. The summed E-state index contributed by atoms with van der Waals surface area (Å²) >= 11 is 1.53. The number of amides is 1. The number of H-pyrrole nitrogens is 1. The van der Waals surface area contributed by atoms with Gasteiger partial charge in [-0.05, 0) is 26.0 Å². The first-order chi connectivity index (χ1) is 12.5. The van der Waals surface area contributed by atoms with Crippen LogP contribution in [-0.2, 0) is 11.3 Å². The van der Waals surface area contributed by atoms with Gasteiger partial charge in [-0.3, -0.25) is 14.2 Å². The maximum absolute atomic E-state index is 12.5. The van der Waals surface area contributed by atoms with Crippen molar-refractivity contribution < 1.29 is 4.79 Å². The van der Waals surface area contributed by atoms with E-state index in [1.165, 1.54) is 11.8 Å². The van der Waals surface area contributed by atoms with E-state index in [0.29, 0.717) is 28.8 Å². The number of thioether (sulfide) groups is 1. The first-order valence-corrected chi connectivity index (χ1v) is 9.44. The summed E-state index contributed by atoms with van der Waals surface area (Å²) in [6.07, 6.45) is 0.254. The minimum atomic E-state index is -0.162. The molecule has 1 aliphatic rings. The van der Waals surface area contributed by atoms with Crippen molar-refractivity contribution in [3.63, 3.8) is 0 Å². The molecule has 0 bridgehead atoms. The number of aromatic nitrogens is 4. The Morgan fingerprint density at radius 2 is 2.15 bits per heavy atom. The van der Waals surface area contributed by atoms with Crippen LogP contribution in [0.15, 0.2) is 34.2 Å². The molecule has 0 saturated carbocycles. The monoisotopic (exact) mass is 369 g/mol.